The van der Waals surface area contributed by atoms with Gasteiger partial charge in [0.2, 0.25) is 0 Å². The Morgan fingerprint density at radius 3 is 2.60 bits per heavy atom. The molecule has 3 heteroatoms. The van der Waals surface area contributed by atoms with Crippen LogP contribution in [0.3, 0.4) is 0 Å². The van der Waals surface area contributed by atoms with Gasteiger partial charge in [-0.3, -0.25) is 0 Å². The number of nitrogens with two attached hydrogens (primary N) is 1. The first-order valence-corrected chi connectivity index (χ1v) is 6.01. The van der Waals surface area contributed by atoms with Crippen LogP contribution in [0.15, 0.2) is 22.7 Å². The van der Waals surface area contributed by atoms with Gasteiger partial charge < -0.3 is 5.73 Å². The van der Waals surface area contributed by atoms with Crippen LogP contribution in [0.5, 0.6) is 0 Å². The standard InChI is InChI=1S/C12H17BrFN/c1-8(2)6-7-11(15)9-4-3-5-10(13)12(9)14/h3-5,8,11H,6-7,15H2,1-2H3/t11-/m1/s1. The van der Waals surface area contributed by atoms with Crippen molar-refractivity contribution in [1.82, 2.24) is 0 Å². The Morgan fingerprint density at radius 1 is 1.33 bits per heavy atom. The lowest BCUT2D eigenvalue weighted by molar-refractivity contribution is 0.490. The van der Waals surface area contributed by atoms with Crippen LogP contribution in [-0.4, -0.2) is 0 Å². The molecule has 0 radical (unpaired) electrons. The highest BCUT2D eigenvalue weighted by Crippen LogP contribution is 2.25. The van der Waals surface area contributed by atoms with E-state index in [4.69, 9.17) is 5.73 Å². The van der Waals surface area contributed by atoms with Gasteiger partial charge in [-0.2, -0.15) is 0 Å². The van der Waals surface area contributed by atoms with Crippen LogP contribution in [0, 0.1) is 11.7 Å². The molecule has 0 aromatic heterocycles. The highest BCUT2D eigenvalue weighted by atomic mass is 79.9. The Balaban J connectivity index is 2.73. The zero-order valence-electron chi connectivity index (χ0n) is 9.13. The van der Waals surface area contributed by atoms with Crippen LogP contribution < -0.4 is 5.73 Å². The van der Waals surface area contributed by atoms with Crippen molar-refractivity contribution < 1.29 is 4.39 Å². The van der Waals surface area contributed by atoms with Crippen molar-refractivity contribution in [3.05, 3.63) is 34.1 Å². The molecule has 1 nitrogen and oxygen atoms in total. The lowest BCUT2D eigenvalue weighted by Crippen LogP contribution is -2.13. The van der Waals surface area contributed by atoms with E-state index < -0.39 is 0 Å². The van der Waals surface area contributed by atoms with Crippen molar-refractivity contribution in [2.24, 2.45) is 11.7 Å². The predicted molar refractivity (Wildman–Crippen MR) is 65.1 cm³/mol. The molecule has 84 valence electrons. The number of hydrogen-bond acceptors (Lipinski definition) is 1. The van der Waals surface area contributed by atoms with Crippen molar-refractivity contribution in [2.75, 3.05) is 0 Å². The van der Waals surface area contributed by atoms with E-state index in [1.807, 2.05) is 6.07 Å². The second-order valence-electron chi connectivity index (χ2n) is 4.22. The Labute approximate surface area is 99.0 Å². The quantitative estimate of drug-likeness (QED) is 0.881. The average Bonchev–Trinajstić information content (AvgIpc) is 2.18. The number of benzene rings is 1. The predicted octanol–water partition coefficient (Wildman–Crippen LogP) is 4.02. The molecule has 15 heavy (non-hydrogen) atoms. The molecule has 0 aliphatic carbocycles. The Morgan fingerprint density at radius 2 is 2.00 bits per heavy atom. The molecule has 0 aliphatic heterocycles. The number of rotatable bonds is 4. The van der Waals surface area contributed by atoms with E-state index in [1.165, 1.54) is 0 Å². The molecule has 0 spiro atoms. The molecule has 0 bridgehead atoms. The fourth-order valence-electron chi connectivity index (χ4n) is 1.48. The van der Waals surface area contributed by atoms with Crippen LogP contribution in [0.1, 0.15) is 38.3 Å². The molecular weight excluding hydrogens is 257 g/mol. The fourth-order valence-corrected chi connectivity index (χ4v) is 1.86. The van der Waals surface area contributed by atoms with E-state index in [-0.39, 0.29) is 11.9 Å². The van der Waals surface area contributed by atoms with E-state index in [0.717, 1.165) is 12.8 Å². The largest absolute Gasteiger partial charge is 0.324 e. The SMILES string of the molecule is CC(C)CC[C@@H](N)c1cccc(Br)c1F. The van der Waals surface area contributed by atoms with Gasteiger partial charge in [-0.1, -0.05) is 26.0 Å². The zero-order valence-corrected chi connectivity index (χ0v) is 10.7. The van der Waals surface area contributed by atoms with Crippen LogP contribution in [0.25, 0.3) is 0 Å². The van der Waals surface area contributed by atoms with Gasteiger partial charge in [0, 0.05) is 11.6 Å². The first kappa shape index (κ1) is 12.7. The van der Waals surface area contributed by atoms with Crippen molar-refractivity contribution in [3.8, 4) is 0 Å². The lowest BCUT2D eigenvalue weighted by atomic mass is 9.98. The van der Waals surface area contributed by atoms with Crippen molar-refractivity contribution in [2.45, 2.75) is 32.7 Å². The normalized spacial score (nSPS) is 13.2. The number of halogens is 2. The molecule has 0 aliphatic rings. The second kappa shape index (κ2) is 5.61. The van der Waals surface area contributed by atoms with Crippen LogP contribution in [-0.2, 0) is 0 Å². The van der Waals surface area contributed by atoms with Gasteiger partial charge in [-0.15, -0.1) is 0 Å². The third-order valence-electron chi connectivity index (χ3n) is 2.44. The van der Waals surface area contributed by atoms with E-state index in [2.05, 4.69) is 29.8 Å². The molecule has 1 rings (SSSR count). The minimum absolute atomic E-state index is 0.204. The molecule has 0 saturated carbocycles. The van der Waals surface area contributed by atoms with Crippen molar-refractivity contribution in [1.29, 1.82) is 0 Å². The summed E-state index contributed by atoms with van der Waals surface area (Å²) in [5.41, 5.74) is 6.55. The summed E-state index contributed by atoms with van der Waals surface area (Å²) in [5, 5.41) is 0. The highest BCUT2D eigenvalue weighted by molar-refractivity contribution is 9.10. The Bertz CT molecular complexity index is 325. The smallest absolute Gasteiger partial charge is 0.142 e. The van der Waals surface area contributed by atoms with Gasteiger partial charge in [0.15, 0.2) is 0 Å². The first-order valence-electron chi connectivity index (χ1n) is 5.22. The average molecular weight is 274 g/mol. The maximum absolute atomic E-state index is 13.6. The van der Waals surface area contributed by atoms with Crippen molar-refractivity contribution in [3.63, 3.8) is 0 Å². The molecule has 0 heterocycles. The van der Waals surface area contributed by atoms with Crippen LogP contribution in [0.4, 0.5) is 4.39 Å². The topological polar surface area (TPSA) is 26.0 Å². The summed E-state index contributed by atoms with van der Waals surface area (Å²) in [6.07, 6.45) is 1.85. The van der Waals surface area contributed by atoms with Gasteiger partial charge in [-0.25, -0.2) is 4.39 Å². The van der Waals surface area contributed by atoms with Crippen LogP contribution >= 0.6 is 15.9 Å². The number of hydrogen-bond donors (Lipinski definition) is 1. The molecule has 0 unspecified atom stereocenters. The van der Waals surface area contributed by atoms with Gasteiger partial charge in [0.25, 0.3) is 0 Å². The van der Waals surface area contributed by atoms with Gasteiger partial charge >= 0.3 is 0 Å². The summed E-state index contributed by atoms with van der Waals surface area (Å²) in [5.74, 6) is 0.375. The molecule has 2 N–H and O–H groups in total. The first-order chi connectivity index (χ1) is 7.02. The van der Waals surface area contributed by atoms with E-state index >= 15 is 0 Å². The summed E-state index contributed by atoms with van der Waals surface area (Å²) >= 11 is 3.16. The minimum atomic E-state index is -0.228. The van der Waals surface area contributed by atoms with E-state index in [0.29, 0.717) is 16.0 Å². The fraction of sp³-hybridized carbons (Fsp3) is 0.500. The maximum atomic E-state index is 13.6. The van der Waals surface area contributed by atoms with E-state index in [1.54, 1.807) is 12.1 Å². The maximum Gasteiger partial charge on any atom is 0.142 e. The van der Waals surface area contributed by atoms with Gasteiger partial charge in [-0.05, 0) is 40.8 Å². The van der Waals surface area contributed by atoms with Gasteiger partial charge in [0.1, 0.15) is 5.82 Å². The Hall–Kier alpha value is -0.410. The summed E-state index contributed by atoms with van der Waals surface area (Å²) < 4.78 is 14.1. The molecule has 0 fully saturated rings. The lowest BCUT2D eigenvalue weighted by Gasteiger charge is -2.14. The third-order valence-corrected chi connectivity index (χ3v) is 3.05. The second-order valence-corrected chi connectivity index (χ2v) is 5.08. The van der Waals surface area contributed by atoms with E-state index in [9.17, 15) is 4.39 Å². The molecule has 1 aromatic rings. The summed E-state index contributed by atoms with van der Waals surface area (Å²) in [4.78, 5) is 0. The molecule has 0 amide bonds. The minimum Gasteiger partial charge on any atom is -0.324 e. The third kappa shape index (κ3) is 3.58. The summed E-state index contributed by atoms with van der Waals surface area (Å²) in [6.45, 7) is 4.29. The van der Waals surface area contributed by atoms with Crippen LogP contribution in [0.2, 0.25) is 0 Å². The summed E-state index contributed by atoms with van der Waals surface area (Å²) in [6, 6.07) is 5.06. The molecule has 1 aromatic carbocycles. The highest BCUT2D eigenvalue weighted by Gasteiger charge is 2.13. The van der Waals surface area contributed by atoms with Crippen molar-refractivity contribution >= 4 is 15.9 Å². The molecule has 0 saturated heterocycles. The monoisotopic (exact) mass is 273 g/mol. The summed E-state index contributed by atoms with van der Waals surface area (Å²) in [7, 11) is 0. The Kier molecular flexibility index (Phi) is 4.74. The zero-order chi connectivity index (χ0) is 11.4. The molecule has 1 atom stereocenters. The van der Waals surface area contributed by atoms with Gasteiger partial charge in [0.05, 0.1) is 4.47 Å². The molecular formula is C12H17BrFN.